The Hall–Kier alpha value is -1.64. The number of alkyl halides is 3. The van der Waals surface area contributed by atoms with Gasteiger partial charge in [-0.1, -0.05) is 0 Å². The highest BCUT2D eigenvalue weighted by atomic mass is 19.4. The molecular formula is C10H13F3N2O4. The van der Waals surface area contributed by atoms with E-state index in [1.54, 1.807) is 0 Å². The number of piperidine rings is 1. The lowest BCUT2D eigenvalue weighted by molar-refractivity contribution is -0.174. The zero-order valence-corrected chi connectivity index (χ0v) is 9.88. The minimum atomic E-state index is -4.43. The normalized spacial score (nSPS) is 20.1. The van der Waals surface area contributed by atoms with E-state index in [0.717, 1.165) is 0 Å². The van der Waals surface area contributed by atoms with Crippen molar-refractivity contribution in [3.63, 3.8) is 0 Å². The summed E-state index contributed by atoms with van der Waals surface area (Å²) >= 11 is 0. The van der Waals surface area contributed by atoms with Gasteiger partial charge in [0.2, 0.25) is 17.7 Å². The molecular weight excluding hydrogens is 269 g/mol. The monoisotopic (exact) mass is 282 g/mol. The number of carbonyl (C=O) groups is 3. The topological polar surface area (TPSA) is 84.5 Å². The summed E-state index contributed by atoms with van der Waals surface area (Å²) in [4.78, 5) is 33.4. The minimum Gasteiger partial charge on any atom is -0.372 e. The van der Waals surface area contributed by atoms with Crippen molar-refractivity contribution in [2.45, 2.75) is 31.5 Å². The van der Waals surface area contributed by atoms with Crippen LogP contribution in [-0.2, 0) is 19.1 Å². The highest BCUT2D eigenvalue weighted by Crippen LogP contribution is 2.14. The Labute approximate surface area is 106 Å². The number of imide groups is 1. The molecule has 2 N–H and O–H groups in total. The van der Waals surface area contributed by atoms with Crippen molar-refractivity contribution in [2.24, 2.45) is 0 Å². The van der Waals surface area contributed by atoms with Crippen molar-refractivity contribution in [3.8, 4) is 0 Å². The van der Waals surface area contributed by atoms with Crippen LogP contribution in [0.25, 0.3) is 0 Å². The quantitative estimate of drug-likeness (QED) is 0.544. The molecule has 0 aliphatic carbocycles. The fraction of sp³-hybridized carbons (Fsp3) is 0.700. The Morgan fingerprint density at radius 1 is 1.42 bits per heavy atom. The van der Waals surface area contributed by atoms with Crippen molar-refractivity contribution >= 4 is 17.7 Å². The second-order valence-corrected chi connectivity index (χ2v) is 3.99. The van der Waals surface area contributed by atoms with Crippen LogP contribution in [0.5, 0.6) is 0 Å². The van der Waals surface area contributed by atoms with Crippen LogP contribution in [0.4, 0.5) is 13.2 Å². The molecule has 1 saturated heterocycles. The number of nitrogens with one attached hydrogen (secondary N) is 2. The van der Waals surface area contributed by atoms with Crippen molar-refractivity contribution < 1.29 is 32.3 Å². The first kappa shape index (κ1) is 15.4. The van der Waals surface area contributed by atoms with E-state index < -0.39 is 43.2 Å². The third-order valence-electron chi connectivity index (χ3n) is 2.31. The van der Waals surface area contributed by atoms with Gasteiger partial charge in [-0.2, -0.15) is 13.2 Å². The first-order valence-corrected chi connectivity index (χ1v) is 5.55. The molecule has 0 saturated carbocycles. The number of hydrogen-bond acceptors (Lipinski definition) is 4. The maximum absolute atomic E-state index is 11.7. The van der Waals surface area contributed by atoms with Gasteiger partial charge >= 0.3 is 6.18 Å². The van der Waals surface area contributed by atoms with E-state index in [1.165, 1.54) is 0 Å². The van der Waals surface area contributed by atoms with Crippen molar-refractivity contribution in [1.82, 2.24) is 10.6 Å². The van der Waals surface area contributed by atoms with Crippen molar-refractivity contribution in [1.29, 1.82) is 0 Å². The van der Waals surface area contributed by atoms with Crippen LogP contribution in [0.15, 0.2) is 0 Å². The van der Waals surface area contributed by atoms with Gasteiger partial charge in [0.25, 0.3) is 0 Å². The van der Waals surface area contributed by atoms with E-state index in [9.17, 15) is 27.6 Å². The summed E-state index contributed by atoms with van der Waals surface area (Å²) in [5.74, 6) is -1.62. The Morgan fingerprint density at radius 2 is 2.11 bits per heavy atom. The van der Waals surface area contributed by atoms with Crippen LogP contribution in [0.1, 0.15) is 19.3 Å². The number of halogens is 3. The average Bonchev–Trinajstić information content (AvgIpc) is 2.27. The highest BCUT2D eigenvalue weighted by Gasteiger charge is 2.29. The molecule has 1 unspecified atom stereocenters. The molecule has 3 amide bonds. The molecule has 0 bridgehead atoms. The third-order valence-corrected chi connectivity index (χ3v) is 2.31. The first-order valence-electron chi connectivity index (χ1n) is 5.55. The molecule has 0 radical (unpaired) electrons. The highest BCUT2D eigenvalue weighted by molar-refractivity contribution is 6.01. The molecule has 19 heavy (non-hydrogen) atoms. The molecule has 0 aromatic rings. The smallest absolute Gasteiger partial charge is 0.372 e. The molecule has 0 aromatic carbocycles. The summed E-state index contributed by atoms with van der Waals surface area (Å²) in [5, 5.41) is 4.37. The number of rotatable bonds is 5. The average molecular weight is 282 g/mol. The van der Waals surface area contributed by atoms with Crippen LogP contribution in [0, 0.1) is 0 Å². The van der Waals surface area contributed by atoms with Gasteiger partial charge in [-0.3, -0.25) is 19.7 Å². The first-order chi connectivity index (χ1) is 8.78. The fourth-order valence-electron chi connectivity index (χ4n) is 1.45. The van der Waals surface area contributed by atoms with Gasteiger partial charge in [0, 0.05) is 12.8 Å². The fourth-order valence-corrected chi connectivity index (χ4v) is 1.45. The zero-order valence-electron chi connectivity index (χ0n) is 9.88. The van der Waals surface area contributed by atoms with Crippen LogP contribution >= 0.6 is 0 Å². The largest absolute Gasteiger partial charge is 0.411 e. The van der Waals surface area contributed by atoms with E-state index in [4.69, 9.17) is 0 Å². The zero-order chi connectivity index (χ0) is 14.5. The lowest BCUT2D eigenvalue weighted by Crippen LogP contribution is -2.52. The summed E-state index contributed by atoms with van der Waals surface area (Å²) in [5.41, 5.74) is 0. The lowest BCUT2D eigenvalue weighted by Gasteiger charge is -2.21. The molecule has 9 heteroatoms. The Kier molecular flexibility index (Phi) is 5.28. The standard InChI is InChI=1S/C10H13F3N2O4/c11-10(12,13)5-19-4-3-8(17)14-6-1-2-7(16)15-9(6)18/h6H,1-5H2,(H,14,17)(H,15,16,18). The maximum Gasteiger partial charge on any atom is 0.411 e. The molecule has 6 nitrogen and oxygen atoms in total. The Bertz CT molecular complexity index is 370. The predicted molar refractivity (Wildman–Crippen MR) is 55.8 cm³/mol. The van der Waals surface area contributed by atoms with E-state index in [1.807, 2.05) is 5.32 Å². The van der Waals surface area contributed by atoms with Crippen molar-refractivity contribution in [3.05, 3.63) is 0 Å². The molecule has 1 fully saturated rings. The summed E-state index contributed by atoms with van der Waals surface area (Å²) in [6.07, 6.45) is -4.42. The van der Waals surface area contributed by atoms with Crippen LogP contribution < -0.4 is 10.6 Å². The van der Waals surface area contributed by atoms with Gasteiger partial charge in [-0.05, 0) is 6.42 Å². The lowest BCUT2D eigenvalue weighted by atomic mass is 10.1. The van der Waals surface area contributed by atoms with E-state index >= 15 is 0 Å². The maximum atomic E-state index is 11.7. The van der Waals surface area contributed by atoms with Crippen LogP contribution in [0.2, 0.25) is 0 Å². The molecule has 0 spiro atoms. The van der Waals surface area contributed by atoms with Gasteiger partial charge in [0.05, 0.1) is 6.61 Å². The van der Waals surface area contributed by atoms with E-state index in [0.29, 0.717) is 0 Å². The van der Waals surface area contributed by atoms with Gasteiger partial charge in [0.1, 0.15) is 12.6 Å². The van der Waals surface area contributed by atoms with Crippen LogP contribution in [-0.4, -0.2) is 43.2 Å². The number of carbonyl (C=O) groups excluding carboxylic acids is 3. The third kappa shape index (κ3) is 6.18. The van der Waals surface area contributed by atoms with E-state index in [2.05, 4.69) is 10.1 Å². The summed E-state index contributed by atoms with van der Waals surface area (Å²) in [6, 6.07) is -0.826. The SMILES string of the molecule is O=C1CCC(NC(=O)CCOCC(F)(F)F)C(=O)N1. The molecule has 1 atom stereocenters. The van der Waals surface area contributed by atoms with Gasteiger partial charge in [-0.15, -0.1) is 0 Å². The number of hydrogen-bond donors (Lipinski definition) is 2. The Balaban J connectivity index is 2.21. The molecule has 1 aliphatic heterocycles. The van der Waals surface area contributed by atoms with Gasteiger partial charge < -0.3 is 10.1 Å². The van der Waals surface area contributed by atoms with Gasteiger partial charge in [0.15, 0.2) is 0 Å². The molecule has 0 aromatic heterocycles. The molecule has 1 aliphatic rings. The Morgan fingerprint density at radius 3 is 2.68 bits per heavy atom. The van der Waals surface area contributed by atoms with Crippen molar-refractivity contribution in [2.75, 3.05) is 13.2 Å². The molecule has 108 valence electrons. The minimum absolute atomic E-state index is 0.112. The summed E-state index contributed by atoms with van der Waals surface area (Å²) in [7, 11) is 0. The predicted octanol–water partition coefficient (Wildman–Crippen LogP) is -0.123. The summed E-state index contributed by atoms with van der Waals surface area (Å²) < 4.78 is 39.5. The second kappa shape index (κ2) is 6.50. The second-order valence-electron chi connectivity index (χ2n) is 3.99. The molecule has 1 rings (SSSR count). The molecule has 1 heterocycles. The summed E-state index contributed by atoms with van der Waals surface area (Å²) in [6.45, 7) is -1.81. The number of ether oxygens (including phenoxy) is 1. The number of amides is 3. The van der Waals surface area contributed by atoms with Crippen LogP contribution in [0.3, 0.4) is 0 Å². The van der Waals surface area contributed by atoms with E-state index in [-0.39, 0.29) is 19.3 Å². The van der Waals surface area contributed by atoms with Gasteiger partial charge in [-0.25, -0.2) is 0 Å².